The summed E-state index contributed by atoms with van der Waals surface area (Å²) >= 11 is 1.85. The number of carbonyl (C=O) groups is 1. The van der Waals surface area contributed by atoms with Crippen molar-refractivity contribution < 1.29 is 9.53 Å². The standard InChI is InChI=1S/C21H36N6O2S.C2H4/c1-5-16(22)14-24-21(25-20(28)15-23-3)18-13-17(7-8-19(18)29-6-2)30-27-11-9-26(4)10-12-27;1-2/h8,13,17,22-23H,5-7,9-12,14-15H2,1-4H3,(H,24,25,28);1-2H2. The van der Waals surface area contributed by atoms with Crippen LogP contribution in [0, 0.1) is 5.41 Å². The number of rotatable bonds is 10. The molecule has 2 rings (SSSR count). The van der Waals surface area contributed by atoms with Crippen molar-refractivity contribution in [3.05, 3.63) is 36.6 Å². The highest BCUT2D eigenvalue weighted by molar-refractivity contribution is 7.97. The molecule has 1 heterocycles. The molecule has 8 nitrogen and oxygen atoms in total. The molecule has 32 heavy (non-hydrogen) atoms. The highest BCUT2D eigenvalue weighted by Crippen LogP contribution is 2.30. The van der Waals surface area contributed by atoms with Crippen molar-refractivity contribution in [1.82, 2.24) is 19.8 Å². The third kappa shape index (κ3) is 9.68. The van der Waals surface area contributed by atoms with Crippen molar-refractivity contribution in [2.45, 2.75) is 31.9 Å². The average Bonchev–Trinajstić information content (AvgIpc) is 2.80. The molecule has 1 amide bonds. The minimum Gasteiger partial charge on any atom is -0.493 e. The number of nitrogens with one attached hydrogen (secondary N) is 3. The summed E-state index contributed by atoms with van der Waals surface area (Å²) in [6.45, 7) is 15.1. The summed E-state index contributed by atoms with van der Waals surface area (Å²) in [7, 11) is 3.89. The molecule has 180 valence electrons. The molecule has 0 spiro atoms. The lowest BCUT2D eigenvalue weighted by Gasteiger charge is -2.34. The van der Waals surface area contributed by atoms with E-state index in [9.17, 15) is 4.79 Å². The Kier molecular flexibility index (Phi) is 13.9. The molecule has 0 bridgehead atoms. The van der Waals surface area contributed by atoms with E-state index < -0.39 is 0 Å². The second kappa shape index (κ2) is 15.8. The number of likely N-dealkylation sites (N-methyl/N-ethyl adjacent to an activating group) is 2. The number of allylic oxidation sites excluding steroid dienone is 1. The fourth-order valence-electron chi connectivity index (χ4n) is 3.13. The molecule has 1 atom stereocenters. The fourth-order valence-corrected chi connectivity index (χ4v) is 4.27. The van der Waals surface area contributed by atoms with Crippen molar-refractivity contribution >= 4 is 29.4 Å². The van der Waals surface area contributed by atoms with Crippen molar-refractivity contribution in [3.63, 3.8) is 0 Å². The van der Waals surface area contributed by atoms with Crippen LogP contribution in [0.4, 0.5) is 0 Å². The topological polar surface area (TPSA) is 93.1 Å². The zero-order valence-corrected chi connectivity index (χ0v) is 20.9. The summed E-state index contributed by atoms with van der Waals surface area (Å²) < 4.78 is 8.28. The molecule has 1 aliphatic heterocycles. The summed E-state index contributed by atoms with van der Waals surface area (Å²) in [5, 5.41) is 14.0. The molecule has 1 fully saturated rings. The third-order valence-electron chi connectivity index (χ3n) is 4.91. The minimum absolute atomic E-state index is 0.162. The number of nitrogens with zero attached hydrogens (tertiary/aromatic N) is 3. The van der Waals surface area contributed by atoms with Crippen LogP contribution in [0.1, 0.15) is 26.7 Å². The zero-order chi connectivity index (χ0) is 23.9. The van der Waals surface area contributed by atoms with Gasteiger partial charge in [0.2, 0.25) is 5.91 Å². The normalized spacial score (nSPS) is 19.9. The Labute approximate surface area is 197 Å². The quantitative estimate of drug-likeness (QED) is 0.199. The Morgan fingerprint density at radius 1 is 1.31 bits per heavy atom. The molecule has 3 N–H and O–H groups in total. The van der Waals surface area contributed by atoms with Crippen LogP contribution >= 0.6 is 11.9 Å². The van der Waals surface area contributed by atoms with Crippen LogP contribution < -0.4 is 10.6 Å². The molecular weight excluding hydrogens is 424 g/mol. The number of ether oxygens (including phenoxy) is 1. The summed E-state index contributed by atoms with van der Waals surface area (Å²) in [5.41, 5.74) is 1.33. The number of hydrogen-bond acceptors (Lipinski definition) is 8. The second-order valence-corrected chi connectivity index (χ2v) is 8.73. The van der Waals surface area contributed by atoms with E-state index in [-0.39, 0.29) is 24.2 Å². The summed E-state index contributed by atoms with van der Waals surface area (Å²) in [6, 6.07) is 0. The largest absolute Gasteiger partial charge is 0.493 e. The molecule has 0 aromatic heterocycles. The van der Waals surface area contributed by atoms with Gasteiger partial charge < -0.3 is 25.7 Å². The van der Waals surface area contributed by atoms with Gasteiger partial charge in [-0.3, -0.25) is 9.79 Å². The molecule has 1 unspecified atom stereocenters. The first-order valence-corrected chi connectivity index (χ1v) is 12.0. The molecule has 1 saturated heterocycles. The highest BCUT2D eigenvalue weighted by atomic mass is 32.2. The van der Waals surface area contributed by atoms with E-state index in [1.165, 1.54) is 0 Å². The minimum atomic E-state index is -0.162. The number of aliphatic imine (C=N–C) groups is 1. The predicted molar refractivity (Wildman–Crippen MR) is 137 cm³/mol. The first-order valence-electron chi connectivity index (χ1n) is 11.2. The van der Waals surface area contributed by atoms with Gasteiger partial charge in [-0.1, -0.05) is 24.9 Å². The van der Waals surface area contributed by atoms with Crippen molar-refractivity contribution in [2.75, 3.05) is 60.0 Å². The third-order valence-corrected chi connectivity index (χ3v) is 6.17. The van der Waals surface area contributed by atoms with Gasteiger partial charge in [-0.2, -0.15) is 0 Å². The lowest BCUT2D eigenvalue weighted by Crippen LogP contribution is -2.42. The first-order chi connectivity index (χ1) is 15.5. The summed E-state index contributed by atoms with van der Waals surface area (Å²) in [4.78, 5) is 19.2. The second-order valence-electron chi connectivity index (χ2n) is 7.39. The Morgan fingerprint density at radius 2 is 2.00 bits per heavy atom. The van der Waals surface area contributed by atoms with Gasteiger partial charge in [-0.05, 0) is 39.9 Å². The van der Waals surface area contributed by atoms with Gasteiger partial charge in [0, 0.05) is 37.1 Å². The van der Waals surface area contributed by atoms with Gasteiger partial charge in [0.05, 0.1) is 25.3 Å². The van der Waals surface area contributed by atoms with Crippen LogP contribution in [0.25, 0.3) is 0 Å². The Hall–Kier alpha value is -1.94. The Bertz CT molecular complexity index is 699. The smallest absolute Gasteiger partial charge is 0.239 e. The Balaban J connectivity index is 0.00000249. The molecular formula is C23H40N6O2S. The van der Waals surface area contributed by atoms with Crippen LogP contribution in [0.15, 0.2) is 41.6 Å². The van der Waals surface area contributed by atoms with Crippen LogP contribution in [-0.4, -0.2) is 91.9 Å². The van der Waals surface area contributed by atoms with Gasteiger partial charge in [0.25, 0.3) is 0 Å². The fraction of sp³-hybridized carbons (Fsp3) is 0.609. The molecule has 0 aromatic rings. The molecule has 1 aliphatic carbocycles. The highest BCUT2D eigenvalue weighted by Gasteiger charge is 2.25. The van der Waals surface area contributed by atoms with E-state index in [0.29, 0.717) is 24.6 Å². The van der Waals surface area contributed by atoms with E-state index in [4.69, 9.17) is 10.1 Å². The number of carbonyl (C=O) groups excluding carboxylic acids is 1. The van der Waals surface area contributed by atoms with E-state index in [1.807, 2.05) is 25.8 Å². The van der Waals surface area contributed by atoms with Crippen molar-refractivity contribution in [1.29, 1.82) is 5.41 Å². The average molecular weight is 465 g/mol. The van der Waals surface area contributed by atoms with E-state index in [0.717, 1.165) is 43.9 Å². The zero-order valence-electron chi connectivity index (χ0n) is 20.1. The van der Waals surface area contributed by atoms with Crippen LogP contribution in [0.5, 0.6) is 0 Å². The number of piperazine rings is 1. The first kappa shape index (κ1) is 28.1. The van der Waals surface area contributed by atoms with Gasteiger partial charge >= 0.3 is 0 Å². The van der Waals surface area contributed by atoms with Gasteiger partial charge in [0.1, 0.15) is 11.6 Å². The van der Waals surface area contributed by atoms with E-state index in [1.54, 1.807) is 7.05 Å². The van der Waals surface area contributed by atoms with Crippen LogP contribution in [-0.2, 0) is 9.53 Å². The van der Waals surface area contributed by atoms with E-state index >= 15 is 0 Å². The molecule has 0 radical (unpaired) electrons. The summed E-state index contributed by atoms with van der Waals surface area (Å²) in [5.74, 6) is 1.07. The lowest BCUT2D eigenvalue weighted by molar-refractivity contribution is -0.118. The monoisotopic (exact) mass is 464 g/mol. The maximum absolute atomic E-state index is 12.3. The Morgan fingerprint density at radius 3 is 2.59 bits per heavy atom. The number of amides is 1. The number of hydrogen-bond donors (Lipinski definition) is 3. The maximum Gasteiger partial charge on any atom is 0.239 e. The molecule has 9 heteroatoms. The van der Waals surface area contributed by atoms with Crippen LogP contribution in [0.3, 0.4) is 0 Å². The number of amidine groups is 1. The van der Waals surface area contributed by atoms with Gasteiger partial charge in [-0.15, -0.1) is 13.2 Å². The molecule has 2 aliphatic rings. The maximum atomic E-state index is 12.3. The van der Waals surface area contributed by atoms with Crippen molar-refractivity contribution in [2.24, 2.45) is 4.99 Å². The van der Waals surface area contributed by atoms with Gasteiger partial charge in [0.15, 0.2) is 0 Å². The SMILES string of the molecule is C=C.CCOC1=CCC(SN2CCN(C)CC2)C=C1C(=NCC(=N)CC)NC(=O)CNC. The molecule has 0 saturated carbocycles. The predicted octanol–water partition coefficient (Wildman–Crippen LogP) is 2.47. The van der Waals surface area contributed by atoms with Crippen LogP contribution in [0.2, 0.25) is 0 Å². The van der Waals surface area contributed by atoms with Crippen molar-refractivity contribution in [3.8, 4) is 0 Å². The lowest BCUT2D eigenvalue weighted by atomic mass is 10.0. The van der Waals surface area contributed by atoms with E-state index in [2.05, 4.69) is 57.2 Å². The van der Waals surface area contributed by atoms with Gasteiger partial charge in [-0.25, -0.2) is 4.31 Å². The summed E-state index contributed by atoms with van der Waals surface area (Å²) in [6.07, 6.45) is 5.76. The molecule has 0 aromatic carbocycles.